The Morgan fingerprint density at radius 3 is 2.60 bits per heavy atom. The first-order chi connectivity index (χ1) is 7.19. The predicted octanol–water partition coefficient (Wildman–Crippen LogP) is 1.92. The normalized spacial score (nSPS) is 23.3. The summed E-state index contributed by atoms with van der Waals surface area (Å²) in [5.41, 5.74) is 0. The van der Waals surface area contributed by atoms with Gasteiger partial charge in [0.05, 0.1) is 6.42 Å². The fourth-order valence-corrected chi connectivity index (χ4v) is 3.65. The molecule has 2 unspecified atom stereocenters. The van der Waals surface area contributed by atoms with E-state index in [0.717, 1.165) is 18.8 Å². The Balaban J connectivity index is 2.61. The van der Waals surface area contributed by atoms with Gasteiger partial charge >= 0.3 is 5.97 Å². The summed E-state index contributed by atoms with van der Waals surface area (Å²) in [5, 5.41) is 8.95. The molecule has 1 heterocycles. The highest BCUT2D eigenvalue weighted by atomic mass is 32.2. The summed E-state index contributed by atoms with van der Waals surface area (Å²) in [6, 6.07) is 0.243. The van der Waals surface area contributed by atoms with Crippen LogP contribution >= 0.6 is 11.8 Å². The summed E-state index contributed by atoms with van der Waals surface area (Å²) in [5.74, 6) is 2.24. The third-order valence-electron chi connectivity index (χ3n) is 3.17. The molecular weight excluding hydrogens is 210 g/mol. The summed E-state index contributed by atoms with van der Waals surface area (Å²) in [4.78, 5) is 13.2. The maximum atomic E-state index is 10.9. The number of hydrogen-bond acceptors (Lipinski definition) is 3. The van der Waals surface area contributed by atoms with Gasteiger partial charge in [0, 0.05) is 6.04 Å². The van der Waals surface area contributed by atoms with Crippen LogP contribution in [-0.2, 0) is 4.79 Å². The van der Waals surface area contributed by atoms with Gasteiger partial charge in [-0.1, -0.05) is 13.8 Å². The smallest absolute Gasteiger partial charge is 0.304 e. The van der Waals surface area contributed by atoms with Gasteiger partial charge in [-0.15, -0.1) is 0 Å². The largest absolute Gasteiger partial charge is 0.481 e. The van der Waals surface area contributed by atoms with E-state index in [1.54, 1.807) is 0 Å². The molecule has 1 aliphatic rings. The summed E-state index contributed by atoms with van der Waals surface area (Å²) in [7, 11) is 0. The minimum absolute atomic E-state index is 0.243. The maximum absolute atomic E-state index is 10.9. The van der Waals surface area contributed by atoms with Crippen LogP contribution < -0.4 is 0 Å². The van der Waals surface area contributed by atoms with Crippen LogP contribution in [0.4, 0.5) is 0 Å². The standard InChI is InChI=1S/C11H21NO2S/c1-3-12(4-2)10(7-11(13)14)9-5-6-15-8-9/h9-10H,3-8H2,1-2H3,(H,13,14). The quantitative estimate of drug-likeness (QED) is 0.758. The Kier molecular flexibility index (Phi) is 5.47. The van der Waals surface area contributed by atoms with Crippen molar-refractivity contribution in [1.82, 2.24) is 4.90 Å². The summed E-state index contributed by atoms with van der Waals surface area (Å²) in [6.07, 6.45) is 1.48. The number of aliphatic carboxylic acids is 1. The fraction of sp³-hybridized carbons (Fsp3) is 0.909. The van der Waals surface area contributed by atoms with Gasteiger partial charge in [-0.2, -0.15) is 11.8 Å². The van der Waals surface area contributed by atoms with Crippen LogP contribution in [0.15, 0.2) is 0 Å². The van der Waals surface area contributed by atoms with Gasteiger partial charge in [-0.05, 0) is 36.9 Å². The topological polar surface area (TPSA) is 40.5 Å². The zero-order valence-electron chi connectivity index (χ0n) is 9.61. The average molecular weight is 231 g/mol. The summed E-state index contributed by atoms with van der Waals surface area (Å²) in [6.45, 7) is 6.13. The van der Waals surface area contributed by atoms with Crippen molar-refractivity contribution < 1.29 is 9.90 Å². The van der Waals surface area contributed by atoms with E-state index in [2.05, 4.69) is 18.7 Å². The van der Waals surface area contributed by atoms with E-state index < -0.39 is 5.97 Å². The van der Waals surface area contributed by atoms with Crippen molar-refractivity contribution in [1.29, 1.82) is 0 Å². The molecule has 1 rings (SSSR count). The van der Waals surface area contributed by atoms with Crippen molar-refractivity contribution in [2.45, 2.75) is 32.7 Å². The lowest BCUT2D eigenvalue weighted by Gasteiger charge is -2.32. The molecule has 0 aliphatic carbocycles. The zero-order chi connectivity index (χ0) is 11.3. The first-order valence-electron chi connectivity index (χ1n) is 5.72. The molecule has 88 valence electrons. The third-order valence-corrected chi connectivity index (χ3v) is 4.36. The molecule has 0 bridgehead atoms. The Morgan fingerprint density at radius 1 is 1.53 bits per heavy atom. The number of carbonyl (C=O) groups is 1. The first-order valence-corrected chi connectivity index (χ1v) is 6.88. The van der Waals surface area contributed by atoms with E-state index in [1.165, 1.54) is 12.2 Å². The number of thioether (sulfide) groups is 1. The van der Waals surface area contributed by atoms with Crippen molar-refractivity contribution >= 4 is 17.7 Å². The molecule has 15 heavy (non-hydrogen) atoms. The van der Waals surface area contributed by atoms with Gasteiger partial charge in [0.15, 0.2) is 0 Å². The van der Waals surface area contributed by atoms with Crippen molar-refractivity contribution in [2.75, 3.05) is 24.6 Å². The van der Waals surface area contributed by atoms with Gasteiger partial charge in [0.1, 0.15) is 0 Å². The molecule has 0 aromatic carbocycles. The Bertz CT molecular complexity index is 199. The number of rotatable bonds is 6. The van der Waals surface area contributed by atoms with Crippen LogP contribution in [0, 0.1) is 5.92 Å². The van der Waals surface area contributed by atoms with E-state index in [4.69, 9.17) is 5.11 Å². The molecule has 1 aliphatic heterocycles. The van der Waals surface area contributed by atoms with Crippen molar-refractivity contribution in [2.24, 2.45) is 5.92 Å². The molecule has 1 fully saturated rings. The van der Waals surface area contributed by atoms with E-state index in [1.807, 2.05) is 11.8 Å². The first kappa shape index (κ1) is 12.8. The SMILES string of the molecule is CCN(CC)C(CC(=O)O)C1CCSC1. The number of nitrogens with zero attached hydrogens (tertiary/aromatic N) is 1. The van der Waals surface area contributed by atoms with Crippen LogP contribution in [0.25, 0.3) is 0 Å². The Morgan fingerprint density at radius 2 is 2.20 bits per heavy atom. The molecule has 0 saturated carbocycles. The zero-order valence-corrected chi connectivity index (χ0v) is 10.4. The molecule has 0 aromatic rings. The molecule has 0 radical (unpaired) electrons. The molecule has 1 N–H and O–H groups in total. The van der Waals surface area contributed by atoms with Gasteiger partial charge in [0.25, 0.3) is 0 Å². The molecule has 1 saturated heterocycles. The van der Waals surface area contributed by atoms with Crippen molar-refractivity contribution in [3.8, 4) is 0 Å². The van der Waals surface area contributed by atoms with Gasteiger partial charge in [-0.25, -0.2) is 0 Å². The molecule has 4 heteroatoms. The molecule has 3 nitrogen and oxygen atoms in total. The molecule has 0 aromatic heterocycles. The van der Waals surface area contributed by atoms with E-state index in [0.29, 0.717) is 12.3 Å². The third kappa shape index (κ3) is 3.68. The average Bonchev–Trinajstić information content (AvgIpc) is 2.70. The monoisotopic (exact) mass is 231 g/mol. The summed E-state index contributed by atoms with van der Waals surface area (Å²) >= 11 is 1.96. The summed E-state index contributed by atoms with van der Waals surface area (Å²) < 4.78 is 0. The number of carboxylic acid groups (broad SMARTS) is 1. The van der Waals surface area contributed by atoms with Crippen LogP contribution in [0.1, 0.15) is 26.7 Å². The molecular formula is C11H21NO2S. The number of carboxylic acids is 1. The lowest BCUT2D eigenvalue weighted by atomic mass is 9.94. The van der Waals surface area contributed by atoms with E-state index in [-0.39, 0.29) is 6.04 Å². The second-order valence-electron chi connectivity index (χ2n) is 4.01. The van der Waals surface area contributed by atoms with Crippen molar-refractivity contribution in [3.05, 3.63) is 0 Å². The second kappa shape index (κ2) is 6.38. The van der Waals surface area contributed by atoms with Gasteiger partial charge < -0.3 is 10.0 Å². The van der Waals surface area contributed by atoms with Gasteiger partial charge in [0.2, 0.25) is 0 Å². The van der Waals surface area contributed by atoms with Crippen LogP contribution in [-0.4, -0.2) is 46.6 Å². The predicted molar refractivity (Wildman–Crippen MR) is 64.4 cm³/mol. The second-order valence-corrected chi connectivity index (χ2v) is 5.16. The lowest BCUT2D eigenvalue weighted by molar-refractivity contribution is -0.138. The minimum Gasteiger partial charge on any atom is -0.481 e. The highest BCUT2D eigenvalue weighted by molar-refractivity contribution is 7.99. The van der Waals surface area contributed by atoms with Crippen LogP contribution in [0.5, 0.6) is 0 Å². The Labute approximate surface area is 96.2 Å². The number of hydrogen-bond donors (Lipinski definition) is 1. The van der Waals surface area contributed by atoms with E-state index >= 15 is 0 Å². The highest BCUT2D eigenvalue weighted by Crippen LogP contribution is 2.30. The molecule has 0 spiro atoms. The van der Waals surface area contributed by atoms with Gasteiger partial charge in [-0.3, -0.25) is 4.79 Å². The minimum atomic E-state index is -0.663. The fourth-order valence-electron chi connectivity index (χ4n) is 2.32. The Hall–Kier alpha value is -0.220. The maximum Gasteiger partial charge on any atom is 0.304 e. The highest BCUT2D eigenvalue weighted by Gasteiger charge is 2.30. The molecule has 2 atom stereocenters. The van der Waals surface area contributed by atoms with Crippen LogP contribution in [0.2, 0.25) is 0 Å². The van der Waals surface area contributed by atoms with Crippen LogP contribution in [0.3, 0.4) is 0 Å². The molecule has 0 amide bonds. The van der Waals surface area contributed by atoms with Crippen molar-refractivity contribution in [3.63, 3.8) is 0 Å². The lowest BCUT2D eigenvalue weighted by Crippen LogP contribution is -2.42. The van der Waals surface area contributed by atoms with E-state index in [9.17, 15) is 4.79 Å².